The van der Waals surface area contributed by atoms with E-state index in [1.54, 1.807) is 25.6 Å². The van der Waals surface area contributed by atoms with Gasteiger partial charge in [-0.2, -0.15) is 0 Å². The molecule has 114 valence electrons. The maximum atomic E-state index is 6.41. The van der Waals surface area contributed by atoms with Crippen LogP contribution in [0.2, 0.25) is 5.02 Å². The zero-order chi connectivity index (χ0) is 15.4. The predicted molar refractivity (Wildman–Crippen MR) is 86.6 cm³/mol. The van der Waals surface area contributed by atoms with Crippen molar-refractivity contribution in [1.29, 1.82) is 0 Å². The standard InChI is InChI=1S/C15H19ClN2O2S/c1-10-13(21-9-17-10)8-18(2)7-11-5-6-12(19-3)15(20-4)14(11)16/h5-6,9H,7-8H2,1-4H3. The van der Waals surface area contributed by atoms with E-state index in [0.717, 1.165) is 24.3 Å². The first kappa shape index (κ1) is 16.1. The van der Waals surface area contributed by atoms with E-state index in [-0.39, 0.29) is 0 Å². The summed E-state index contributed by atoms with van der Waals surface area (Å²) in [4.78, 5) is 7.75. The molecular weight excluding hydrogens is 308 g/mol. The summed E-state index contributed by atoms with van der Waals surface area (Å²) in [5, 5.41) is 0.602. The largest absolute Gasteiger partial charge is 0.493 e. The minimum Gasteiger partial charge on any atom is -0.493 e. The van der Waals surface area contributed by atoms with Crippen molar-refractivity contribution in [2.24, 2.45) is 0 Å². The number of thiazole rings is 1. The van der Waals surface area contributed by atoms with E-state index in [9.17, 15) is 0 Å². The van der Waals surface area contributed by atoms with Crippen LogP contribution in [0, 0.1) is 6.92 Å². The number of methoxy groups -OCH3 is 2. The van der Waals surface area contributed by atoms with E-state index < -0.39 is 0 Å². The second-order valence-electron chi connectivity index (χ2n) is 4.81. The molecule has 0 radical (unpaired) electrons. The van der Waals surface area contributed by atoms with Gasteiger partial charge in [0, 0.05) is 18.0 Å². The molecule has 4 nitrogen and oxygen atoms in total. The summed E-state index contributed by atoms with van der Waals surface area (Å²) in [7, 11) is 5.26. The summed E-state index contributed by atoms with van der Waals surface area (Å²) >= 11 is 8.08. The Labute approximate surface area is 134 Å². The lowest BCUT2D eigenvalue weighted by atomic mass is 10.2. The van der Waals surface area contributed by atoms with Crippen molar-refractivity contribution in [2.75, 3.05) is 21.3 Å². The van der Waals surface area contributed by atoms with E-state index >= 15 is 0 Å². The highest BCUT2D eigenvalue weighted by Gasteiger charge is 2.15. The molecule has 6 heteroatoms. The molecule has 1 aromatic carbocycles. The molecule has 0 saturated carbocycles. The highest BCUT2D eigenvalue weighted by molar-refractivity contribution is 7.09. The van der Waals surface area contributed by atoms with Crippen LogP contribution in [0.5, 0.6) is 11.5 Å². The van der Waals surface area contributed by atoms with Crippen LogP contribution in [-0.2, 0) is 13.1 Å². The lowest BCUT2D eigenvalue weighted by Crippen LogP contribution is -2.17. The fraction of sp³-hybridized carbons (Fsp3) is 0.400. The van der Waals surface area contributed by atoms with Crippen molar-refractivity contribution in [2.45, 2.75) is 20.0 Å². The van der Waals surface area contributed by atoms with Crippen LogP contribution < -0.4 is 9.47 Å². The Balaban J connectivity index is 2.14. The van der Waals surface area contributed by atoms with Crippen LogP contribution in [0.4, 0.5) is 0 Å². The zero-order valence-electron chi connectivity index (χ0n) is 12.6. The smallest absolute Gasteiger partial charge is 0.179 e. The molecule has 0 bridgehead atoms. The van der Waals surface area contributed by atoms with Crippen molar-refractivity contribution in [3.63, 3.8) is 0 Å². The van der Waals surface area contributed by atoms with Crippen molar-refractivity contribution >= 4 is 22.9 Å². The van der Waals surface area contributed by atoms with Gasteiger partial charge in [0.25, 0.3) is 0 Å². The number of ether oxygens (including phenoxy) is 2. The average molecular weight is 327 g/mol. The van der Waals surface area contributed by atoms with Gasteiger partial charge in [0.2, 0.25) is 0 Å². The van der Waals surface area contributed by atoms with Gasteiger partial charge in [-0.15, -0.1) is 11.3 Å². The predicted octanol–water partition coefficient (Wildman–Crippen LogP) is 3.75. The first-order valence-electron chi connectivity index (χ1n) is 6.53. The lowest BCUT2D eigenvalue weighted by molar-refractivity contribution is 0.318. The van der Waals surface area contributed by atoms with Gasteiger partial charge >= 0.3 is 0 Å². The SMILES string of the molecule is COc1ccc(CN(C)Cc2scnc2C)c(Cl)c1OC. The molecule has 2 aromatic rings. The number of nitrogens with zero attached hydrogens (tertiary/aromatic N) is 2. The topological polar surface area (TPSA) is 34.6 Å². The molecule has 1 heterocycles. The van der Waals surface area contributed by atoms with Crippen LogP contribution in [-0.4, -0.2) is 31.2 Å². The molecule has 0 atom stereocenters. The molecule has 0 aliphatic carbocycles. The minimum atomic E-state index is 0.582. The Morgan fingerprint density at radius 2 is 2.00 bits per heavy atom. The maximum absolute atomic E-state index is 6.41. The lowest BCUT2D eigenvalue weighted by Gasteiger charge is -2.19. The monoisotopic (exact) mass is 326 g/mol. The normalized spacial score (nSPS) is 11.0. The number of rotatable bonds is 6. The molecule has 1 aromatic heterocycles. The third-order valence-electron chi connectivity index (χ3n) is 3.26. The van der Waals surface area contributed by atoms with E-state index in [1.165, 1.54) is 4.88 Å². The Bertz CT molecular complexity index is 616. The van der Waals surface area contributed by atoms with Crippen molar-refractivity contribution in [3.05, 3.63) is 38.8 Å². The molecule has 0 aliphatic rings. The van der Waals surface area contributed by atoms with Crippen LogP contribution >= 0.6 is 22.9 Å². The molecule has 0 amide bonds. The Morgan fingerprint density at radius 3 is 2.57 bits per heavy atom. The van der Waals surface area contributed by atoms with Crippen molar-refractivity contribution < 1.29 is 9.47 Å². The molecule has 0 aliphatic heterocycles. The Morgan fingerprint density at radius 1 is 1.24 bits per heavy atom. The van der Waals surface area contributed by atoms with Gasteiger partial charge < -0.3 is 9.47 Å². The van der Waals surface area contributed by atoms with Gasteiger partial charge in [-0.1, -0.05) is 17.7 Å². The number of hydrogen-bond acceptors (Lipinski definition) is 5. The number of aromatic nitrogens is 1. The summed E-state index contributed by atoms with van der Waals surface area (Å²) in [6.45, 7) is 3.61. The van der Waals surface area contributed by atoms with E-state index in [0.29, 0.717) is 16.5 Å². The van der Waals surface area contributed by atoms with E-state index in [1.807, 2.05) is 24.6 Å². The van der Waals surface area contributed by atoms with E-state index in [4.69, 9.17) is 21.1 Å². The molecular formula is C15H19ClN2O2S. The second kappa shape index (κ2) is 7.11. The maximum Gasteiger partial charge on any atom is 0.179 e. The van der Waals surface area contributed by atoms with Crippen LogP contribution in [0.3, 0.4) is 0 Å². The minimum absolute atomic E-state index is 0.582. The summed E-state index contributed by atoms with van der Waals surface area (Å²) in [6.07, 6.45) is 0. The number of aryl methyl sites for hydroxylation is 1. The Kier molecular flexibility index (Phi) is 5.45. The summed E-state index contributed by atoms with van der Waals surface area (Å²) < 4.78 is 10.6. The van der Waals surface area contributed by atoms with Gasteiger partial charge in [-0.3, -0.25) is 4.90 Å². The molecule has 0 saturated heterocycles. The van der Waals surface area contributed by atoms with Gasteiger partial charge in [-0.05, 0) is 25.6 Å². The van der Waals surface area contributed by atoms with Gasteiger partial charge in [0.05, 0.1) is 30.4 Å². The number of benzene rings is 1. The molecule has 0 unspecified atom stereocenters. The fourth-order valence-electron chi connectivity index (χ4n) is 2.12. The average Bonchev–Trinajstić information content (AvgIpc) is 2.86. The molecule has 2 rings (SSSR count). The molecule has 0 fully saturated rings. The summed E-state index contributed by atoms with van der Waals surface area (Å²) in [5.74, 6) is 1.23. The number of halogens is 1. The van der Waals surface area contributed by atoms with E-state index in [2.05, 4.69) is 16.9 Å². The summed E-state index contributed by atoms with van der Waals surface area (Å²) in [6, 6.07) is 3.85. The molecule has 21 heavy (non-hydrogen) atoms. The zero-order valence-corrected chi connectivity index (χ0v) is 14.2. The molecule has 0 spiro atoms. The van der Waals surface area contributed by atoms with Crippen LogP contribution in [0.15, 0.2) is 17.6 Å². The van der Waals surface area contributed by atoms with Crippen LogP contribution in [0.1, 0.15) is 16.1 Å². The highest BCUT2D eigenvalue weighted by Crippen LogP contribution is 2.37. The van der Waals surface area contributed by atoms with Gasteiger partial charge in [0.1, 0.15) is 0 Å². The fourth-order valence-corrected chi connectivity index (χ4v) is 3.27. The second-order valence-corrected chi connectivity index (χ2v) is 6.12. The van der Waals surface area contributed by atoms with Crippen LogP contribution in [0.25, 0.3) is 0 Å². The van der Waals surface area contributed by atoms with Crippen molar-refractivity contribution in [3.8, 4) is 11.5 Å². The first-order chi connectivity index (χ1) is 10.1. The summed E-state index contributed by atoms with van der Waals surface area (Å²) in [5.41, 5.74) is 3.98. The van der Waals surface area contributed by atoms with Gasteiger partial charge in [0.15, 0.2) is 11.5 Å². The Hall–Kier alpha value is -1.30. The number of hydrogen-bond donors (Lipinski definition) is 0. The third-order valence-corrected chi connectivity index (χ3v) is 4.60. The first-order valence-corrected chi connectivity index (χ1v) is 7.79. The molecule has 0 N–H and O–H groups in total. The van der Waals surface area contributed by atoms with Gasteiger partial charge in [-0.25, -0.2) is 4.98 Å². The third kappa shape index (κ3) is 3.67. The quantitative estimate of drug-likeness (QED) is 0.809. The van der Waals surface area contributed by atoms with Crippen molar-refractivity contribution in [1.82, 2.24) is 9.88 Å². The highest BCUT2D eigenvalue weighted by atomic mass is 35.5.